The van der Waals surface area contributed by atoms with Gasteiger partial charge in [0.05, 0.1) is 5.50 Å². The van der Waals surface area contributed by atoms with Crippen LogP contribution >= 0.6 is 0 Å². The minimum absolute atomic E-state index is 0.725. The molecule has 2 aromatic carbocycles. The molecule has 0 bridgehead atoms. The van der Waals surface area contributed by atoms with E-state index in [9.17, 15) is 0 Å². The molecular formula is C16H15BO. The van der Waals surface area contributed by atoms with Gasteiger partial charge in [0.25, 0.3) is 0 Å². The van der Waals surface area contributed by atoms with Crippen molar-refractivity contribution in [1.29, 1.82) is 0 Å². The average Bonchev–Trinajstić information content (AvgIpc) is 2.35. The zero-order valence-corrected chi connectivity index (χ0v) is 10.9. The van der Waals surface area contributed by atoms with Crippen LogP contribution in [0.4, 0.5) is 0 Å². The third-order valence-electron chi connectivity index (χ3n) is 3.69. The molecule has 18 heavy (non-hydrogen) atoms. The van der Waals surface area contributed by atoms with Gasteiger partial charge in [-0.2, -0.15) is 0 Å². The van der Waals surface area contributed by atoms with E-state index in [4.69, 9.17) is 12.6 Å². The summed E-state index contributed by atoms with van der Waals surface area (Å²) in [6.07, 6.45) is 3.99. The molecule has 0 saturated heterocycles. The molecule has 0 amide bonds. The first-order valence-electron chi connectivity index (χ1n) is 6.18. The maximum atomic E-state index is 6.06. The maximum absolute atomic E-state index is 6.06. The highest BCUT2D eigenvalue weighted by atomic mass is 16.5. The Morgan fingerprint density at radius 2 is 1.72 bits per heavy atom. The number of rotatable bonds is 0. The lowest BCUT2D eigenvalue weighted by atomic mass is 9.80. The van der Waals surface area contributed by atoms with E-state index in [-0.39, 0.29) is 0 Å². The Balaban J connectivity index is 2.43. The van der Waals surface area contributed by atoms with Crippen LogP contribution in [0.3, 0.4) is 0 Å². The summed E-state index contributed by atoms with van der Waals surface area (Å²) in [4.78, 5) is 0. The molecule has 0 aliphatic carbocycles. The van der Waals surface area contributed by atoms with Gasteiger partial charge in [-0.3, -0.25) is 0 Å². The second-order valence-electron chi connectivity index (χ2n) is 5.16. The SMILES string of the molecule is [B]C1(C)C=Cc2c(C)c(C)c3ccccc3c2O1. The van der Waals surface area contributed by atoms with Gasteiger partial charge >= 0.3 is 0 Å². The predicted molar refractivity (Wildman–Crippen MR) is 77.2 cm³/mol. The third-order valence-corrected chi connectivity index (χ3v) is 3.69. The van der Waals surface area contributed by atoms with Crippen molar-refractivity contribution in [3.05, 3.63) is 47.0 Å². The summed E-state index contributed by atoms with van der Waals surface area (Å²) in [5.74, 6) is 0.904. The lowest BCUT2D eigenvalue weighted by Gasteiger charge is -2.31. The van der Waals surface area contributed by atoms with Crippen LogP contribution in [0, 0.1) is 13.8 Å². The molecule has 0 saturated carbocycles. The van der Waals surface area contributed by atoms with Crippen molar-refractivity contribution < 1.29 is 4.74 Å². The summed E-state index contributed by atoms with van der Waals surface area (Å²) in [7, 11) is 6.06. The number of hydrogen-bond donors (Lipinski definition) is 0. The molecule has 0 spiro atoms. The average molecular weight is 234 g/mol. The van der Waals surface area contributed by atoms with E-state index in [1.807, 2.05) is 19.1 Å². The molecule has 0 fully saturated rings. The molecule has 2 aromatic rings. The van der Waals surface area contributed by atoms with Crippen LogP contribution in [0.5, 0.6) is 5.75 Å². The Morgan fingerprint density at radius 3 is 2.44 bits per heavy atom. The third kappa shape index (κ3) is 1.56. The Bertz CT molecular complexity index is 668. The summed E-state index contributed by atoms with van der Waals surface area (Å²) in [6, 6.07) is 8.32. The van der Waals surface area contributed by atoms with Gasteiger partial charge < -0.3 is 4.74 Å². The zero-order valence-electron chi connectivity index (χ0n) is 10.9. The second kappa shape index (κ2) is 3.65. The van der Waals surface area contributed by atoms with E-state index in [1.165, 1.54) is 16.5 Å². The molecule has 1 heterocycles. The molecule has 3 rings (SSSR count). The largest absolute Gasteiger partial charge is 0.492 e. The van der Waals surface area contributed by atoms with Crippen molar-refractivity contribution in [2.24, 2.45) is 0 Å². The molecule has 0 N–H and O–H groups in total. The van der Waals surface area contributed by atoms with E-state index < -0.39 is 5.50 Å². The number of benzene rings is 2. The fourth-order valence-corrected chi connectivity index (χ4v) is 2.54. The molecule has 1 nitrogen and oxygen atoms in total. The van der Waals surface area contributed by atoms with Gasteiger partial charge in [-0.05, 0) is 37.3 Å². The van der Waals surface area contributed by atoms with Crippen molar-refractivity contribution in [3.63, 3.8) is 0 Å². The van der Waals surface area contributed by atoms with E-state index >= 15 is 0 Å². The first-order valence-corrected chi connectivity index (χ1v) is 6.18. The fourth-order valence-electron chi connectivity index (χ4n) is 2.54. The van der Waals surface area contributed by atoms with E-state index in [0.29, 0.717) is 0 Å². The molecule has 1 atom stereocenters. The van der Waals surface area contributed by atoms with Gasteiger partial charge in [-0.1, -0.05) is 36.4 Å². The summed E-state index contributed by atoms with van der Waals surface area (Å²) in [5.41, 5.74) is 2.99. The van der Waals surface area contributed by atoms with Crippen LogP contribution in [-0.4, -0.2) is 13.3 Å². The van der Waals surface area contributed by atoms with Crippen LogP contribution in [0.25, 0.3) is 16.8 Å². The quantitative estimate of drug-likeness (QED) is 0.631. The van der Waals surface area contributed by atoms with Crippen molar-refractivity contribution >= 4 is 24.7 Å². The highest BCUT2D eigenvalue weighted by Crippen LogP contribution is 2.40. The second-order valence-corrected chi connectivity index (χ2v) is 5.16. The smallest absolute Gasteiger partial charge is 0.137 e. The zero-order chi connectivity index (χ0) is 12.9. The van der Waals surface area contributed by atoms with E-state index in [1.54, 1.807) is 0 Å². The van der Waals surface area contributed by atoms with Gasteiger partial charge in [0.2, 0.25) is 0 Å². The summed E-state index contributed by atoms with van der Waals surface area (Å²) in [6.45, 7) is 6.16. The number of fused-ring (bicyclic) bond motifs is 3. The number of ether oxygens (including phenoxy) is 1. The van der Waals surface area contributed by atoms with Crippen LogP contribution in [0.2, 0.25) is 0 Å². The monoisotopic (exact) mass is 234 g/mol. The minimum Gasteiger partial charge on any atom is -0.492 e. The lowest BCUT2D eigenvalue weighted by molar-refractivity contribution is 0.227. The van der Waals surface area contributed by atoms with Crippen LogP contribution in [0.15, 0.2) is 30.3 Å². The Hall–Kier alpha value is -1.70. The van der Waals surface area contributed by atoms with Crippen molar-refractivity contribution in [2.45, 2.75) is 26.3 Å². The van der Waals surface area contributed by atoms with Gasteiger partial charge in [0, 0.05) is 10.9 Å². The molecule has 2 radical (unpaired) electrons. The Labute approximate surface area is 109 Å². The van der Waals surface area contributed by atoms with Gasteiger partial charge in [-0.15, -0.1) is 0 Å². The summed E-state index contributed by atoms with van der Waals surface area (Å²) < 4.78 is 5.96. The van der Waals surface area contributed by atoms with Crippen LogP contribution in [0.1, 0.15) is 23.6 Å². The van der Waals surface area contributed by atoms with Gasteiger partial charge in [-0.25, -0.2) is 0 Å². The maximum Gasteiger partial charge on any atom is 0.137 e. The molecule has 1 unspecified atom stereocenters. The van der Waals surface area contributed by atoms with Crippen molar-refractivity contribution in [2.75, 3.05) is 0 Å². The van der Waals surface area contributed by atoms with Crippen molar-refractivity contribution in [1.82, 2.24) is 0 Å². The minimum atomic E-state index is -0.725. The Morgan fingerprint density at radius 1 is 1.06 bits per heavy atom. The highest BCUT2D eigenvalue weighted by Gasteiger charge is 2.24. The highest BCUT2D eigenvalue weighted by molar-refractivity contribution is 6.17. The van der Waals surface area contributed by atoms with Crippen LogP contribution < -0.4 is 4.74 Å². The van der Waals surface area contributed by atoms with E-state index in [2.05, 4.69) is 38.1 Å². The molecule has 1 aliphatic heterocycles. The van der Waals surface area contributed by atoms with Gasteiger partial charge in [0.15, 0.2) is 0 Å². The standard InChI is InChI=1S/C16H15BO/c1-10-11(2)13-8-9-16(3,17)18-15(13)14-7-5-4-6-12(10)14/h4-9H,1-3H3. The van der Waals surface area contributed by atoms with Gasteiger partial charge in [0.1, 0.15) is 13.6 Å². The molecule has 88 valence electrons. The normalized spacial score (nSPS) is 21.7. The first-order chi connectivity index (χ1) is 8.49. The first kappa shape index (κ1) is 11.4. The fraction of sp³-hybridized carbons (Fsp3) is 0.250. The topological polar surface area (TPSA) is 9.23 Å². The number of hydrogen-bond acceptors (Lipinski definition) is 1. The Kier molecular flexibility index (Phi) is 2.31. The van der Waals surface area contributed by atoms with E-state index in [0.717, 1.165) is 16.7 Å². The lowest BCUT2D eigenvalue weighted by Crippen LogP contribution is -2.32. The molecule has 1 aliphatic rings. The number of aryl methyl sites for hydroxylation is 1. The summed E-state index contributed by atoms with van der Waals surface area (Å²) >= 11 is 0. The molecule has 0 aromatic heterocycles. The molecule has 2 heteroatoms. The van der Waals surface area contributed by atoms with Crippen LogP contribution in [-0.2, 0) is 0 Å². The molecular weight excluding hydrogens is 219 g/mol. The predicted octanol–water partition coefficient (Wildman–Crippen LogP) is 3.75. The summed E-state index contributed by atoms with van der Waals surface area (Å²) in [5, 5.41) is 2.37. The van der Waals surface area contributed by atoms with Crippen molar-refractivity contribution in [3.8, 4) is 5.75 Å².